The number of rotatable bonds is 6. The topological polar surface area (TPSA) is 66.8 Å². The summed E-state index contributed by atoms with van der Waals surface area (Å²) in [4.78, 5) is 25.3. The Balaban J connectivity index is 1.77. The molecule has 148 valence electrons. The Morgan fingerprint density at radius 2 is 1.97 bits per heavy atom. The van der Waals surface area contributed by atoms with Crippen LogP contribution < -0.4 is 4.74 Å². The van der Waals surface area contributed by atoms with Crippen molar-refractivity contribution in [3.63, 3.8) is 0 Å². The zero-order chi connectivity index (χ0) is 20.4. The van der Waals surface area contributed by atoms with Crippen molar-refractivity contribution in [3.8, 4) is 16.9 Å². The smallest absolute Gasteiger partial charge is 0.335 e. The lowest BCUT2D eigenvalue weighted by Gasteiger charge is -2.17. The first-order valence-corrected chi connectivity index (χ1v) is 9.77. The molecular weight excluding hydrogens is 366 g/mol. The number of amides is 1. The van der Waals surface area contributed by atoms with E-state index in [1.54, 1.807) is 25.3 Å². The molecule has 0 atom stereocenters. The van der Waals surface area contributed by atoms with Crippen LogP contribution in [0.2, 0.25) is 0 Å². The number of methoxy groups -OCH3 is 1. The monoisotopic (exact) mass is 389 g/mol. The third-order valence-corrected chi connectivity index (χ3v) is 5.51. The summed E-state index contributed by atoms with van der Waals surface area (Å²) in [5, 5.41) is 11.5. The number of aromatic carboxylic acids is 1. The molecule has 1 heterocycles. The second-order valence-electron chi connectivity index (χ2n) is 7.34. The summed E-state index contributed by atoms with van der Waals surface area (Å²) >= 11 is 0. The maximum Gasteiger partial charge on any atom is 0.335 e. The lowest BCUT2D eigenvalue weighted by atomic mass is 9.94. The van der Waals surface area contributed by atoms with Crippen LogP contribution in [-0.2, 0) is 11.2 Å². The maximum atomic E-state index is 12.0. The Morgan fingerprint density at radius 3 is 2.69 bits per heavy atom. The number of carbonyl (C=O) groups is 2. The number of carbonyl (C=O) groups excluding carboxylic acids is 1. The van der Waals surface area contributed by atoms with E-state index in [1.807, 2.05) is 29.2 Å². The van der Waals surface area contributed by atoms with Gasteiger partial charge in [-0.05, 0) is 70.6 Å². The number of benzene rings is 3. The van der Waals surface area contributed by atoms with E-state index >= 15 is 0 Å². The zero-order valence-corrected chi connectivity index (χ0v) is 16.4. The molecule has 3 aromatic rings. The predicted molar refractivity (Wildman–Crippen MR) is 112 cm³/mol. The van der Waals surface area contributed by atoms with Crippen LogP contribution >= 0.6 is 0 Å². The number of ether oxygens (including phenoxy) is 1. The van der Waals surface area contributed by atoms with Crippen LogP contribution in [-0.4, -0.2) is 42.1 Å². The van der Waals surface area contributed by atoms with E-state index in [0.717, 1.165) is 52.6 Å². The summed E-state index contributed by atoms with van der Waals surface area (Å²) in [5.41, 5.74) is 3.22. The third kappa shape index (κ3) is 3.94. The molecule has 1 saturated heterocycles. The van der Waals surface area contributed by atoms with Gasteiger partial charge in [0.2, 0.25) is 5.91 Å². The van der Waals surface area contributed by atoms with Crippen molar-refractivity contribution >= 4 is 22.6 Å². The van der Waals surface area contributed by atoms with E-state index in [9.17, 15) is 14.7 Å². The Kier molecular flexibility index (Phi) is 5.21. The highest BCUT2D eigenvalue weighted by molar-refractivity contribution is 5.93. The van der Waals surface area contributed by atoms with E-state index in [4.69, 9.17) is 4.74 Å². The normalized spacial score (nSPS) is 13.8. The highest BCUT2D eigenvalue weighted by Crippen LogP contribution is 2.31. The molecule has 1 fully saturated rings. The van der Waals surface area contributed by atoms with Gasteiger partial charge >= 0.3 is 5.97 Å². The minimum atomic E-state index is -0.940. The summed E-state index contributed by atoms with van der Waals surface area (Å²) in [7, 11) is 1.65. The Labute approximate surface area is 169 Å². The molecule has 1 aliphatic heterocycles. The molecule has 5 nitrogen and oxygen atoms in total. The van der Waals surface area contributed by atoms with Crippen LogP contribution in [0.4, 0.5) is 0 Å². The molecular formula is C24H23NO4. The molecule has 3 aromatic carbocycles. The van der Waals surface area contributed by atoms with Crippen molar-refractivity contribution in [2.45, 2.75) is 19.3 Å². The van der Waals surface area contributed by atoms with Crippen molar-refractivity contribution in [1.82, 2.24) is 4.90 Å². The van der Waals surface area contributed by atoms with Crippen molar-refractivity contribution in [1.29, 1.82) is 0 Å². The number of fused-ring (bicyclic) bond motifs is 1. The van der Waals surface area contributed by atoms with Gasteiger partial charge in [-0.2, -0.15) is 0 Å². The second kappa shape index (κ2) is 7.95. The van der Waals surface area contributed by atoms with Crippen LogP contribution in [0.5, 0.6) is 5.75 Å². The molecule has 0 unspecified atom stereocenters. The van der Waals surface area contributed by atoms with Crippen LogP contribution in [0.15, 0.2) is 54.6 Å². The quantitative estimate of drug-likeness (QED) is 0.679. The maximum absolute atomic E-state index is 12.0. The van der Waals surface area contributed by atoms with Gasteiger partial charge in [-0.25, -0.2) is 4.79 Å². The highest BCUT2D eigenvalue weighted by atomic mass is 16.5. The predicted octanol–water partition coefficient (Wildman–Crippen LogP) is 4.38. The number of hydrogen-bond acceptors (Lipinski definition) is 3. The van der Waals surface area contributed by atoms with Gasteiger partial charge in [0.1, 0.15) is 5.75 Å². The van der Waals surface area contributed by atoms with Gasteiger partial charge < -0.3 is 14.7 Å². The van der Waals surface area contributed by atoms with Crippen LogP contribution in [0.1, 0.15) is 28.8 Å². The summed E-state index contributed by atoms with van der Waals surface area (Å²) in [6, 6.07) is 17.1. The summed E-state index contributed by atoms with van der Waals surface area (Å²) < 4.78 is 5.40. The number of nitrogens with zero attached hydrogens (tertiary/aromatic N) is 1. The van der Waals surface area contributed by atoms with Crippen LogP contribution in [0.3, 0.4) is 0 Å². The van der Waals surface area contributed by atoms with Gasteiger partial charge in [0.05, 0.1) is 12.7 Å². The molecule has 0 saturated carbocycles. The van der Waals surface area contributed by atoms with Gasteiger partial charge in [0.25, 0.3) is 0 Å². The molecule has 4 rings (SSSR count). The van der Waals surface area contributed by atoms with Gasteiger partial charge in [-0.15, -0.1) is 0 Å². The third-order valence-electron chi connectivity index (χ3n) is 5.51. The first kappa shape index (κ1) is 19.0. The fraction of sp³-hybridized carbons (Fsp3) is 0.250. The first-order valence-electron chi connectivity index (χ1n) is 9.77. The Morgan fingerprint density at radius 1 is 1.10 bits per heavy atom. The van der Waals surface area contributed by atoms with E-state index in [0.29, 0.717) is 13.0 Å². The van der Waals surface area contributed by atoms with Crippen LogP contribution in [0.25, 0.3) is 21.9 Å². The lowest BCUT2D eigenvalue weighted by Crippen LogP contribution is -2.26. The molecule has 1 N–H and O–H groups in total. The standard InChI is InChI=1S/C24H23NO4/c1-29-21-8-7-17-13-20(16-4-2-5-19(12-16)24(27)28)14-18(22(17)15-21)9-11-25-10-3-6-23(25)26/h2,4-5,7-8,12-15H,3,6,9-11H2,1H3,(H,27,28). The summed E-state index contributed by atoms with van der Waals surface area (Å²) in [6.45, 7) is 1.50. The molecule has 0 aromatic heterocycles. The van der Waals surface area contributed by atoms with Crippen LogP contribution in [0, 0.1) is 0 Å². The van der Waals surface area contributed by atoms with Crippen molar-refractivity contribution < 1.29 is 19.4 Å². The second-order valence-corrected chi connectivity index (χ2v) is 7.34. The Hall–Kier alpha value is -3.34. The van der Waals surface area contributed by atoms with Crippen molar-refractivity contribution in [2.24, 2.45) is 0 Å². The SMILES string of the molecule is COc1ccc2cc(-c3cccc(C(=O)O)c3)cc(CCN3CCCC3=O)c2c1. The van der Waals surface area contributed by atoms with Gasteiger partial charge in [-0.1, -0.05) is 24.3 Å². The molecule has 0 spiro atoms. The van der Waals surface area contributed by atoms with E-state index in [1.165, 1.54) is 0 Å². The fourth-order valence-electron chi connectivity index (χ4n) is 3.94. The number of carboxylic acids is 1. The molecule has 29 heavy (non-hydrogen) atoms. The average Bonchev–Trinajstić information content (AvgIpc) is 3.16. The van der Waals surface area contributed by atoms with Gasteiger partial charge in [0.15, 0.2) is 0 Å². The van der Waals surface area contributed by atoms with Gasteiger partial charge in [-0.3, -0.25) is 4.79 Å². The molecule has 1 aliphatic rings. The molecule has 0 bridgehead atoms. The van der Waals surface area contributed by atoms with Crippen molar-refractivity contribution in [3.05, 3.63) is 65.7 Å². The van der Waals surface area contributed by atoms with Crippen molar-refractivity contribution in [2.75, 3.05) is 20.2 Å². The minimum absolute atomic E-state index is 0.220. The number of carboxylic acid groups (broad SMARTS) is 1. The molecule has 5 heteroatoms. The highest BCUT2D eigenvalue weighted by Gasteiger charge is 2.20. The van der Waals surface area contributed by atoms with E-state index < -0.39 is 5.97 Å². The average molecular weight is 389 g/mol. The lowest BCUT2D eigenvalue weighted by molar-refractivity contribution is -0.127. The molecule has 0 aliphatic carbocycles. The largest absolute Gasteiger partial charge is 0.497 e. The summed E-state index contributed by atoms with van der Waals surface area (Å²) in [6.07, 6.45) is 2.30. The molecule has 1 amide bonds. The number of hydrogen-bond donors (Lipinski definition) is 1. The number of likely N-dealkylation sites (tertiary alicyclic amines) is 1. The zero-order valence-electron chi connectivity index (χ0n) is 16.4. The summed E-state index contributed by atoms with van der Waals surface area (Å²) in [5.74, 6) is 0.0685. The first-order chi connectivity index (χ1) is 14.0. The van der Waals surface area contributed by atoms with E-state index in [2.05, 4.69) is 12.1 Å². The molecule has 0 radical (unpaired) electrons. The van der Waals surface area contributed by atoms with Gasteiger partial charge in [0, 0.05) is 19.5 Å². The Bertz CT molecular complexity index is 1090. The fourth-order valence-corrected chi connectivity index (χ4v) is 3.94. The minimum Gasteiger partial charge on any atom is -0.497 e. The van der Waals surface area contributed by atoms with E-state index in [-0.39, 0.29) is 11.5 Å².